The van der Waals surface area contributed by atoms with Gasteiger partial charge in [0.1, 0.15) is 0 Å². The Labute approximate surface area is 126 Å². The predicted molar refractivity (Wildman–Crippen MR) is 82.7 cm³/mol. The Kier molecular flexibility index (Phi) is 5.55. The van der Waals surface area contributed by atoms with Gasteiger partial charge in [-0.05, 0) is 30.4 Å². The summed E-state index contributed by atoms with van der Waals surface area (Å²) in [5.74, 6) is 1.85. The smallest absolute Gasteiger partial charge is 0.162 e. The monoisotopic (exact) mass is 297 g/mol. The molecule has 1 fully saturated rings. The number of methoxy groups -OCH3 is 2. The lowest BCUT2D eigenvalue weighted by Gasteiger charge is -2.24. The lowest BCUT2D eigenvalue weighted by molar-refractivity contribution is 0.350. The number of ether oxygens (including phenoxy) is 2. The Bertz CT molecular complexity index is 442. The first-order chi connectivity index (χ1) is 9.67. The highest BCUT2D eigenvalue weighted by atomic mass is 35.5. The maximum Gasteiger partial charge on any atom is 0.162 e. The summed E-state index contributed by atoms with van der Waals surface area (Å²) in [4.78, 5) is 0. The molecule has 1 aromatic rings. The molecule has 1 saturated carbocycles. The van der Waals surface area contributed by atoms with Crippen LogP contribution in [0.3, 0.4) is 0 Å². The van der Waals surface area contributed by atoms with Crippen molar-refractivity contribution in [2.75, 3.05) is 14.2 Å². The molecular weight excluding hydrogens is 274 g/mol. The molecule has 1 aliphatic carbocycles. The van der Waals surface area contributed by atoms with E-state index >= 15 is 0 Å². The molecule has 2 rings (SSSR count). The lowest BCUT2D eigenvalue weighted by atomic mass is 9.87. The third-order valence-corrected chi connectivity index (χ3v) is 4.60. The van der Waals surface area contributed by atoms with Gasteiger partial charge in [-0.2, -0.15) is 0 Å². The molecule has 1 aliphatic rings. The van der Waals surface area contributed by atoms with Crippen molar-refractivity contribution < 1.29 is 9.47 Å². The summed E-state index contributed by atoms with van der Waals surface area (Å²) >= 11 is 6.38. The first-order valence-electron chi connectivity index (χ1n) is 7.34. The topological polar surface area (TPSA) is 44.5 Å². The van der Waals surface area contributed by atoms with E-state index in [4.69, 9.17) is 26.8 Å². The second-order valence-electron chi connectivity index (χ2n) is 5.51. The minimum Gasteiger partial charge on any atom is -0.493 e. The minimum absolute atomic E-state index is 0.0274. The normalized spacial score (nSPS) is 18.4. The number of rotatable bonds is 4. The van der Waals surface area contributed by atoms with Gasteiger partial charge in [-0.1, -0.05) is 37.3 Å². The minimum atomic E-state index is -0.0274. The SMILES string of the molecule is COc1cc(Cl)c(C(N)C2CCCCCC2)cc1OC. The van der Waals surface area contributed by atoms with E-state index in [2.05, 4.69) is 0 Å². The van der Waals surface area contributed by atoms with Crippen LogP contribution in [-0.2, 0) is 0 Å². The molecular formula is C16H24ClNO2. The van der Waals surface area contributed by atoms with Gasteiger partial charge >= 0.3 is 0 Å². The molecule has 0 bridgehead atoms. The molecule has 3 nitrogen and oxygen atoms in total. The standard InChI is InChI=1S/C16H24ClNO2/c1-19-14-9-12(13(17)10-15(14)20-2)16(18)11-7-5-3-4-6-8-11/h9-11,16H,3-8,18H2,1-2H3. The van der Waals surface area contributed by atoms with Crippen molar-refractivity contribution in [3.8, 4) is 11.5 Å². The van der Waals surface area contributed by atoms with E-state index in [0.717, 1.165) is 5.56 Å². The maximum absolute atomic E-state index is 6.47. The molecule has 0 amide bonds. The van der Waals surface area contributed by atoms with Gasteiger partial charge in [0.05, 0.1) is 14.2 Å². The highest BCUT2D eigenvalue weighted by Gasteiger charge is 2.24. The van der Waals surface area contributed by atoms with E-state index in [9.17, 15) is 0 Å². The molecule has 0 aromatic heterocycles. The van der Waals surface area contributed by atoms with E-state index in [1.54, 1.807) is 20.3 Å². The number of halogens is 1. The second kappa shape index (κ2) is 7.19. The molecule has 1 unspecified atom stereocenters. The van der Waals surface area contributed by atoms with E-state index < -0.39 is 0 Å². The van der Waals surface area contributed by atoms with E-state index in [1.165, 1.54) is 38.5 Å². The zero-order valence-electron chi connectivity index (χ0n) is 12.3. The summed E-state index contributed by atoms with van der Waals surface area (Å²) in [6.07, 6.45) is 7.55. The summed E-state index contributed by atoms with van der Waals surface area (Å²) in [6.45, 7) is 0. The van der Waals surface area contributed by atoms with Gasteiger partial charge < -0.3 is 15.2 Å². The van der Waals surface area contributed by atoms with Crippen LogP contribution in [0.4, 0.5) is 0 Å². The summed E-state index contributed by atoms with van der Waals surface area (Å²) in [5, 5.41) is 0.666. The largest absolute Gasteiger partial charge is 0.493 e. The van der Waals surface area contributed by atoms with E-state index in [1.807, 2.05) is 6.07 Å². The molecule has 1 aromatic carbocycles. The zero-order chi connectivity index (χ0) is 14.5. The fourth-order valence-electron chi connectivity index (χ4n) is 3.05. The Balaban J connectivity index is 2.26. The molecule has 0 radical (unpaired) electrons. The number of benzene rings is 1. The highest BCUT2D eigenvalue weighted by molar-refractivity contribution is 6.31. The van der Waals surface area contributed by atoms with Crippen LogP contribution in [0, 0.1) is 5.92 Å². The zero-order valence-corrected chi connectivity index (χ0v) is 13.1. The first-order valence-corrected chi connectivity index (χ1v) is 7.72. The first kappa shape index (κ1) is 15.5. The summed E-state index contributed by atoms with van der Waals surface area (Å²) in [6, 6.07) is 3.70. The quantitative estimate of drug-likeness (QED) is 0.841. The van der Waals surface area contributed by atoms with Gasteiger partial charge in [-0.3, -0.25) is 0 Å². The average Bonchev–Trinajstić information content (AvgIpc) is 2.75. The molecule has 0 aliphatic heterocycles. The van der Waals surface area contributed by atoms with Crippen molar-refractivity contribution in [3.63, 3.8) is 0 Å². The van der Waals surface area contributed by atoms with Crippen LogP contribution in [0.5, 0.6) is 11.5 Å². The fraction of sp³-hybridized carbons (Fsp3) is 0.625. The van der Waals surface area contributed by atoms with Gasteiger partial charge in [0.15, 0.2) is 11.5 Å². The van der Waals surface area contributed by atoms with Crippen LogP contribution in [0.25, 0.3) is 0 Å². The van der Waals surface area contributed by atoms with Crippen LogP contribution < -0.4 is 15.2 Å². The fourth-order valence-corrected chi connectivity index (χ4v) is 3.33. The molecule has 0 heterocycles. The van der Waals surface area contributed by atoms with Gasteiger partial charge in [0.25, 0.3) is 0 Å². The van der Waals surface area contributed by atoms with Crippen molar-refractivity contribution in [1.82, 2.24) is 0 Å². The van der Waals surface area contributed by atoms with Crippen LogP contribution in [0.15, 0.2) is 12.1 Å². The van der Waals surface area contributed by atoms with Gasteiger partial charge in [-0.25, -0.2) is 0 Å². The third kappa shape index (κ3) is 3.39. The number of hydrogen-bond acceptors (Lipinski definition) is 3. The number of nitrogens with two attached hydrogens (primary N) is 1. The summed E-state index contributed by atoms with van der Waals surface area (Å²) in [5.41, 5.74) is 7.44. The molecule has 0 spiro atoms. The predicted octanol–water partition coefficient (Wildman–Crippen LogP) is 4.33. The lowest BCUT2D eigenvalue weighted by Crippen LogP contribution is -2.21. The summed E-state index contributed by atoms with van der Waals surface area (Å²) in [7, 11) is 3.24. The molecule has 0 saturated heterocycles. The van der Waals surface area contributed by atoms with E-state index in [-0.39, 0.29) is 6.04 Å². The molecule has 1 atom stereocenters. The van der Waals surface area contributed by atoms with Crippen LogP contribution >= 0.6 is 11.6 Å². The van der Waals surface area contributed by atoms with Crippen molar-refractivity contribution in [2.45, 2.75) is 44.6 Å². The molecule has 4 heteroatoms. The Hall–Kier alpha value is -0.930. The van der Waals surface area contributed by atoms with Gasteiger partial charge in [0, 0.05) is 17.1 Å². The van der Waals surface area contributed by atoms with Gasteiger partial charge in [-0.15, -0.1) is 0 Å². The van der Waals surface area contributed by atoms with E-state index in [0.29, 0.717) is 22.4 Å². The second-order valence-corrected chi connectivity index (χ2v) is 5.91. The summed E-state index contributed by atoms with van der Waals surface area (Å²) < 4.78 is 10.6. The Morgan fingerprint density at radius 3 is 2.15 bits per heavy atom. The Morgan fingerprint density at radius 2 is 1.60 bits per heavy atom. The van der Waals surface area contributed by atoms with Crippen LogP contribution in [0.1, 0.15) is 50.1 Å². The highest BCUT2D eigenvalue weighted by Crippen LogP contribution is 2.39. The average molecular weight is 298 g/mol. The van der Waals surface area contributed by atoms with Crippen LogP contribution in [0.2, 0.25) is 5.02 Å². The molecule has 112 valence electrons. The molecule has 20 heavy (non-hydrogen) atoms. The molecule has 2 N–H and O–H groups in total. The van der Waals surface area contributed by atoms with Crippen molar-refractivity contribution in [1.29, 1.82) is 0 Å². The van der Waals surface area contributed by atoms with Gasteiger partial charge in [0.2, 0.25) is 0 Å². The van der Waals surface area contributed by atoms with Crippen LogP contribution in [-0.4, -0.2) is 14.2 Å². The van der Waals surface area contributed by atoms with Crippen molar-refractivity contribution in [3.05, 3.63) is 22.7 Å². The third-order valence-electron chi connectivity index (χ3n) is 4.27. The van der Waals surface area contributed by atoms with Crippen molar-refractivity contribution in [2.24, 2.45) is 11.7 Å². The number of hydrogen-bond donors (Lipinski definition) is 1. The Morgan fingerprint density at radius 1 is 1.05 bits per heavy atom. The maximum atomic E-state index is 6.47. The van der Waals surface area contributed by atoms with Crippen molar-refractivity contribution >= 4 is 11.6 Å².